The third-order valence-corrected chi connectivity index (χ3v) is 3.71. The van der Waals surface area contributed by atoms with Crippen molar-refractivity contribution in [2.45, 2.75) is 13.0 Å². The lowest BCUT2D eigenvalue weighted by Gasteiger charge is -2.19. The minimum atomic E-state index is -0.0690. The van der Waals surface area contributed by atoms with Gasteiger partial charge in [0.2, 0.25) is 0 Å². The first-order chi connectivity index (χ1) is 10.2. The average Bonchev–Trinajstić information content (AvgIpc) is 3.03. The van der Waals surface area contributed by atoms with Crippen molar-refractivity contribution >= 4 is 17.3 Å². The first-order valence-corrected chi connectivity index (χ1v) is 7.23. The minimum Gasteiger partial charge on any atom is -0.467 e. The van der Waals surface area contributed by atoms with E-state index in [1.165, 1.54) is 0 Å². The van der Waals surface area contributed by atoms with Crippen LogP contribution >= 0.6 is 11.6 Å². The van der Waals surface area contributed by atoms with Gasteiger partial charge in [-0.1, -0.05) is 48.0 Å². The summed E-state index contributed by atoms with van der Waals surface area (Å²) in [6.07, 6.45) is 1.69. The number of hydrogen-bond acceptors (Lipinski definition) is 2. The van der Waals surface area contributed by atoms with Crippen molar-refractivity contribution in [1.29, 1.82) is 0 Å². The number of halogens is 1. The van der Waals surface area contributed by atoms with Gasteiger partial charge in [0, 0.05) is 0 Å². The highest BCUT2D eigenvalue weighted by molar-refractivity contribution is 6.33. The normalized spacial score (nSPS) is 12.1. The Bertz CT molecular complexity index is 707. The molecule has 1 atom stereocenters. The van der Waals surface area contributed by atoms with Crippen LogP contribution in [0.15, 0.2) is 71.3 Å². The number of rotatable bonds is 4. The fraction of sp³-hybridized carbons (Fsp3) is 0.111. The predicted octanol–water partition coefficient (Wildman–Crippen LogP) is 5.44. The van der Waals surface area contributed by atoms with Gasteiger partial charge < -0.3 is 9.73 Å². The van der Waals surface area contributed by atoms with Crippen LogP contribution in [-0.2, 0) is 0 Å². The summed E-state index contributed by atoms with van der Waals surface area (Å²) in [6, 6.07) is 19.9. The standard InChI is InChI=1S/C18H16ClNO/c1-13-9-10-15(19)16(12-13)20-18(17-8-5-11-21-17)14-6-3-2-4-7-14/h2-12,18,20H,1H3. The molecule has 1 unspecified atom stereocenters. The number of aryl methyl sites for hydroxylation is 1. The fourth-order valence-corrected chi connectivity index (χ4v) is 2.50. The summed E-state index contributed by atoms with van der Waals surface area (Å²) in [5.74, 6) is 0.860. The zero-order valence-electron chi connectivity index (χ0n) is 11.7. The molecule has 3 rings (SSSR count). The van der Waals surface area contributed by atoms with Crippen LogP contribution in [-0.4, -0.2) is 0 Å². The maximum Gasteiger partial charge on any atom is 0.130 e. The van der Waals surface area contributed by atoms with Gasteiger partial charge in [-0.05, 0) is 42.3 Å². The van der Waals surface area contributed by atoms with E-state index in [1.54, 1.807) is 6.26 Å². The second-order valence-electron chi connectivity index (χ2n) is 4.99. The van der Waals surface area contributed by atoms with Crippen molar-refractivity contribution in [3.8, 4) is 0 Å². The molecule has 0 fully saturated rings. The molecular formula is C18H16ClNO. The Morgan fingerprint density at radius 3 is 2.52 bits per heavy atom. The second-order valence-corrected chi connectivity index (χ2v) is 5.39. The van der Waals surface area contributed by atoms with Crippen LogP contribution in [0.25, 0.3) is 0 Å². The van der Waals surface area contributed by atoms with Gasteiger partial charge in [-0.15, -0.1) is 0 Å². The molecular weight excluding hydrogens is 282 g/mol. The molecule has 0 saturated heterocycles. The van der Waals surface area contributed by atoms with E-state index in [-0.39, 0.29) is 6.04 Å². The SMILES string of the molecule is Cc1ccc(Cl)c(NC(c2ccccc2)c2ccco2)c1. The molecule has 106 valence electrons. The topological polar surface area (TPSA) is 25.2 Å². The van der Waals surface area contributed by atoms with Gasteiger partial charge >= 0.3 is 0 Å². The molecule has 1 aromatic heterocycles. The molecule has 0 saturated carbocycles. The Balaban J connectivity index is 1.99. The highest BCUT2D eigenvalue weighted by Crippen LogP contribution is 2.31. The maximum atomic E-state index is 6.30. The lowest BCUT2D eigenvalue weighted by molar-refractivity contribution is 0.499. The van der Waals surface area contributed by atoms with E-state index in [2.05, 4.69) is 17.4 Å². The summed E-state index contributed by atoms with van der Waals surface area (Å²) < 4.78 is 5.59. The Labute approximate surface area is 129 Å². The summed E-state index contributed by atoms with van der Waals surface area (Å²) in [4.78, 5) is 0. The van der Waals surface area contributed by atoms with E-state index < -0.39 is 0 Å². The number of anilines is 1. The molecule has 1 heterocycles. The summed E-state index contributed by atoms with van der Waals surface area (Å²) in [5.41, 5.74) is 3.19. The number of furan rings is 1. The van der Waals surface area contributed by atoms with Crippen LogP contribution in [0.5, 0.6) is 0 Å². The highest BCUT2D eigenvalue weighted by atomic mass is 35.5. The van der Waals surface area contributed by atoms with Gasteiger partial charge in [-0.25, -0.2) is 0 Å². The first-order valence-electron chi connectivity index (χ1n) is 6.85. The van der Waals surface area contributed by atoms with Gasteiger partial charge in [0.1, 0.15) is 11.8 Å². The molecule has 3 heteroatoms. The van der Waals surface area contributed by atoms with E-state index in [1.807, 2.05) is 55.5 Å². The van der Waals surface area contributed by atoms with Crippen molar-refractivity contribution in [3.05, 3.63) is 88.8 Å². The monoisotopic (exact) mass is 297 g/mol. The largest absolute Gasteiger partial charge is 0.467 e. The molecule has 0 spiro atoms. The molecule has 2 nitrogen and oxygen atoms in total. The van der Waals surface area contributed by atoms with Crippen LogP contribution in [0, 0.1) is 6.92 Å². The van der Waals surface area contributed by atoms with E-state index >= 15 is 0 Å². The van der Waals surface area contributed by atoms with Crippen molar-refractivity contribution < 1.29 is 4.42 Å². The number of hydrogen-bond donors (Lipinski definition) is 1. The minimum absolute atomic E-state index is 0.0690. The number of nitrogens with one attached hydrogen (secondary N) is 1. The summed E-state index contributed by atoms with van der Waals surface area (Å²) in [7, 11) is 0. The molecule has 0 amide bonds. The molecule has 0 radical (unpaired) electrons. The van der Waals surface area contributed by atoms with E-state index in [4.69, 9.17) is 16.0 Å². The Morgan fingerprint density at radius 2 is 1.81 bits per heavy atom. The summed E-state index contributed by atoms with van der Waals surface area (Å²) in [5, 5.41) is 4.18. The quantitative estimate of drug-likeness (QED) is 0.693. The van der Waals surface area contributed by atoms with Gasteiger partial charge in [0.25, 0.3) is 0 Å². The van der Waals surface area contributed by atoms with Crippen molar-refractivity contribution in [2.24, 2.45) is 0 Å². The summed E-state index contributed by atoms with van der Waals surface area (Å²) >= 11 is 6.30. The molecule has 3 aromatic rings. The van der Waals surface area contributed by atoms with Gasteiger partial charge in [0.15, 0.2) is 0 Å². The lowest BCUT2D eigenvalue weighted by atomic mass is 10.0. The highest BCUT2D eigenvalue weighted by Gasteiger charge is 2.17. The molecule has 2 aromatic carbocycles. The Morgan fingerprint density at radius 1 is 1.00 bits per heavy atom. The third-order valence-electron chi connectivity index (χ3n) is 3.38. The van der Waals surface area contributed by atoms with Gasteiger partial charge in [0.05, 0.1) is 17.0 Å². The molecule has 21 heavy (non-hydrogen) atoms. The van der Waals surface area contributed by atoms with Crippen molar-refractivity contribution in [3.63, 3.8) is 0 Å². The van der Waals surface area contributed by atoms with Gasteiger partial charge in [-0.2, -0.15) is 0 Å². The molecule has 0 aliphatic heterocycles. The zero-order valence-corrected chi connectivity index (χ0v) is 12.5. The van der Waals surface area contributed by atoms with Crippen LogP contribution in [0.2, 0.25) is 5.02 Å². The second kappa shape index (κ2) is 6.06. The zero-order chi connectivity index (χ0) is 14.7. The van der Waals surface area contributed by atoms with E-state index in [0.29, 0.717) is 5.02 Å². The van der Waals surface area contributed by atoms with E-state index in [9.17, 15) is 0 Å². The lowest BCUT2D eigenvalue weighted by Crippen LogP contribution is -2.12. The smallest absolute Gasteiger partial charge is 0.130 e. The predicted molar refractivity (Wildman–Crippen MR) is 86.8 cm³/mol. The average molecular weight is 298 g/mol. The molecule has 0 bridgehead atoms. The molecule has 0 aliphatic carbocycles. The Hall–Kier alpha value is -2.19. The van der Waals surface area contributed by atoms with Crippen LogP contribution in [0.3, 0.4) is 0 Å². The van der Waals surface area contributed by atoms with Gasteiger partial charge in [-0.3, -0.25) is 0 Å². The van der Waals surface area contributed by atoms with Crippen molar-refractivity contribution in [2.75, 3.05) is 5.32 Å². The Kier molecular flexibility index (Phi) is 3.98. The fourth-order valence-electron chi connectivity index (χ4n) is 2.32. The summed E-state index contributed by atoms with van der Waals surface area (Å²) in [6.45, 7) is 2.05. The maximum absolute atomic E-state index is 6.30. The molecule has 1 N–H and O–H groups in total. The van der Waals surface area contributed by atoms with Crippen LogP contribution < -0.4 is 5.32 Å². The van der Waals surface area contributed by atoms with Crippen molar-refractivity contribution in [1.82, 2.24) is 0 Å². The first kappa shape index (κ1) is 13.8. The van der Waals surface area contributed by atoms with E-state index in [0.717, 1.165) is 22.6 Å². The third kappa shape index (κ3) is 3.11. The molecule has 0 aliphatic rings. The van der Waals surface area contributed by atoms with Crippen LogP contribution in [0.1, 0.15) is 22.9 Å². The number of benzene rings is 2. The van der Waals surface area contributed by atoms with Crippen LogP contribution in [0.4, 0.5) is 5.69 Å².